The standard InChI is InChI=1S/C26H29N3O6/c1-3-4-13-29-21-8-6-5-7-19(21)28-20(26(29)32)10-12-24(30)35-17(2)25(31)27-18-9-11-22-23(16-18)34-15-14-33-22/h5-9,11,16-17H,3-4,10,12-15H2,1-2H3,(H,27,31). The first-order valence-corrected chi connectivity index (χ1v) is 11.8. The lowest BCUT2D eigenvalue weighted by Gasteiger charge is -2.19. The monoisotopic (exact) mass is 479 g/mol. The molecule has 0 bridgehead atoms. The largest absolute Gasteiger partial charge is 0.486 e. The molecule has 1 atom stereocenters. The summed E-state index contributed by atoms with van der Waals surface area (Å²) in [5, 5.41) is 2.71. The number of hydrogen-bond acceptors (Lipinski definition) is 7. The maximum atomic E-state index is 13.0. The van der Waals surface area contributed by atoms with Crippen molar-refractivity contribution in [3.05, 3.63) is 58.5 Å². The third-order valence-electron chi connectivity index (χ3n) is 5.71. The maximum absolute atomic E-state index is 13.0. The van der Waals surface area contributed by atoms with Gasteiger partial charge in [-0.2, -0.15) is 0 Å². The van der Waals surface area contributed by atoms with Gasteiger partial charge in [-0.1, -0.05) is 25.5 Å². The molecule has 1 aromatic heterocycles. The number of anilines is 1. The molecule has 1 amide bonds. The second-order valence-corrected chi connectivity index (χ2v) is 8.34. The van der Waals surface area contributed by atoms with Crippen LogP contribution in [-0.2, 0) is 27.3 Å². The number of ether oxygens (including phenoxy) is 3. The van der Waals surface area contributed by atoms with Gasteiger partial charge in [0.15, 0.2) is 17.6 Å². The third kappa shape index (κ3) is 5.79. The van der Waals surface area contributed by atoms with Crippen LogP contribution in [0.15, 0.2) is 47.3 Å². The van der Waals surface area contributed by atoms with Crippen molar-refractivity contribution in [1.29, 1.82) is 0 Å². The van der Waals surface area contributed by atoms with E-state index in [-0.39, 0.29) is 18.4 Å². The molecule has 0 saturated carbocycles. The molecule has 9 nitrogen and oxygen atoms in total. The van der Waals surface area contributed by atoms with Crippen molar-refractivity contribution in [2.24, 2.45) is 0 Å². The number of hydrogen-bond donors (Lipinski definition) is 1. The van der Waals surface area contributed by atoms with Gasteiger partial charge < -0.3 is 24.1 Å². The van der Waals surface area contributed by atoms with E-state index in [9.17, 15) is 14.4 Å². The zero-order valence-electron chi connectivity index (χ0n) is 19.9. The molecular weight excluding hydrogens is 450 g/mol. The van der Waals surface area contributed by atoms with Crippen LogP contribution < -0.4 is 20.3 Å². The highest BCUT2D eigenvalue weighted by Crippen LogP contribution is 2.32. The Kier molecular flexibility index (Phi) is 7.64. The fourth-order valence-corrected chi connectivity index (χ4v) is 3.84. The Hall–Kier alpha value is -3.88. The van der Waals surface area contributed by atoms with Crippen LogP contribution in [0.5, 0.6) is 11.5 Å². The van der Waals surface area contributed by atoms with Crippen molar-refractivity contribution >= 4 is 28.6 Å². The Morgan fingerprint density at radius 1 is 1.14 bits per heavy atom. The second kappa shape index (κ2) is 11.0. The van der Waals surface area contributed by atoms with Gasteiger partial charge in [0.05, 0.1) is 17.5 Å². The van der Waals surface area contributed by atoms with Gasteiger partial charge in [-0.25, -0.2) is 4.98 Å². The second-order valence-electron chi connectivity index (χ2n) is 8.34. The predicted octanol–water partition coefficient (Wildman–Crippen LogP) is 3.47. The van der Waals surface area contributed by atoms with E-state index in [0.717, 1.165) is 18.4 Å². The van der Waals surface area contributed by atoms with Crippen LogP contribution >= 0.6 is 0 Å². The molecule has 0 fully saturated rings. The molecule has 0 saturated heterocycles. The van der Waals surface area contributed by atoms with E-state index in [1.807, 2.05) is 24.3 Å². The zero-order chi connectivity index (χ0) is 24.8. The number of para-hydroxylation sites is 2. The van der Waals surface area contributed by atoms with Gasteiger partial charge in [0.1, 0.15) is 18.9 Å². The predicted molar refractivity (Wildman–Crippen MR) is 131 cm³/mol. The third-order valence-corrected chi connectivity index (χ3v) is 5.71. The molecule has 1 aliphatic rings. The number of fused-ring (bicyclic) bond motifs is 2. The van der Waals surface area contributed by atoms with Gasteiger partial charge in [-0.05, 0) is 37.6 Å². The van der Waals surface area contributed by atoms with Crippen LogP contribution in [0.25, 0.3) is 11.0 Å². The Morgan fingerprint density at radius 2 is 1.91 bits per heavy atom. The number of amides is 1. The number of aromatic nitrogens is 2. The summed E-state index contributed by atoms with van der Waals surface area (Å²) in [5.74, 6) is 0.112. The lowest BCUT2D eigenvalue weighted by Crippen LogP contribution is -2.31. The first kappa shape index (κ1) is 24.3. The molecule has 35 heavy (non-hydrogen) atoms. The molecule has 1 N–H and O–H groups in total. The molecule has 4 rings (SSSR count). The molecule has 0 spiro atoms. The smallest absolute Gasteiger partial charge is 0.306 e. The fourth-order valence-electron chi connectivity index (χ4n) is 3.84. The number of unbranched alkanes of at least 4 members (excludes halogenated alkanes) is 1. The number of rotatable bonds is 9. The van der Waals surface area contributed by atoms with Gasteiger partial charge in [0.2, 0.25) is 0 Å². The van der Waals surface area contributed by atoms with Gasteiger partial charge >= 0.3 is 5.97 Å². The topological polar surface area (TPSA) is 109 Å². The van der Waals surface area contributed by atoms with Crippen molar-refractivity contribution in [1.82, 2.24) is 9.55 Å². The van der Waals surface area contributed by atoms with E-state index in [1.54, 1.807) is 22.8 Å². The quantitative estimate of drug-likeness (QED) is 0.468. The van der Waals surface area contributed by atoms with Crippen molar-refractivity contribution in [2.45, 2.75) is 52.2 Å². The molecule has 3 aromatic rings. The highest BCUT2D eigenvalue weighted by atomic mass is 16.6. The molecule has 0 radical (unpaired) electrons. The van der Waals surface area contributed by atoms with E-state index in [1.165, 1.54) is 6.92 Å². The Balaban J connectivity index is 1.36. The van der Waals surface area contributed by atoms with Crippen molar-refractivity contribution in [3.63, 3.8) is 0 Å². The molecule has 1 unspecified atom stereocenters. The number of benzene rings is 2. The first-order valence-electron chi connectivity index (χ1n) is 11.8. The summed E-state index contributed by atoms with van der Waals surface area (Å²) in [4.78, 5) is 42.4. The SMILES string of the molecule is CCCCn1c(=O)c(CCC(=O)OC(C)C(=O)Nc2ccc3c(c2)OCCO3)nc2ccccc21. The normalized spacial score (nSPS) is 13.3. The van der Waals surface area contributed by atoms with Crippen molar-refractivity contribution in [2.75, 3.05) is 18.5 Å². The summed E-state index contributed by atoms with van der Waals surface area (Å²) in [6.07, 6.45) is 0.880. The summed E-state index contributed by atoms with van der Waals surface area (Å²) in [6, 6.07) is 12.5. The molecule has 0 aliphatic carbocycles. The number of carbonyl (C=O) groups is 2. The van der Waals surface area contributed by atoms with Crippen LogP contribution in [0, 0.1) is 0 Å². The van der Waals surface area contributed by atoms with Gasteiger partial charge in [-0.15, -0.1) is 0 Å². The molecule has 2 heterocycles. The van der Waals surface area contributed by atoms with E-state index in [0.29, 0.717) is 48.2 Å². The molecule has 184 valence electrons. The van der Waals surface area contributed by atoms with Crippen molar-refractivity contribution in [3.8, 4) is 11.5 Å². The number of aryl methyl sites for hydroxylation is 2. The summed E-state index contributed by atoms with van der Waals surface area (Å²) >= 11 is 0. The highest BCUT2D eigenvalue weighted by molar-refractivity contribution is 5.95. The van der Waals surface area contributed by atoms with Gasteiger partial charge in [0, 0.05) is 24.7 Å². The van der Waals surface area contributed by atoms with E-state index in [4.69, 9.17) is 14.2 Å². The summed E-state index contributed by atoms with van der Waals surface area (Å²) in [5.41, 5.74) is 2.11. The fraction of sp³-hybridized carbons (Fsp3) is 0.385. The number of nitrogens with one attached hydrogen (secondary N) is 1. The van der Waals surface area contributed by atoms with Gasteiger partial charge in [0.25, 0.3) is 11.5 Å². The molecule has 1 aliphatic heterocycles. The Bertz CT molecular complexity index is 1290. The van der Waals surface area contributed by atoms with Crippen LogP contribution in [0.4, 0.5) is 5.69 Å². The number of carbonyl (C=O) groups excluding carboxylic acids is 2. The van der Waals surface area contributed by atoms with Gasteiger partial charge in [-0.3, -0.25) is 14.4 Å². The van der Waals surface area contributed by atoms with Crippen LogP contribution in [0.1, 0.15) is 38.8 Å². The van der Waals surface area contributed by atoms with Crippen LogP contribution in [0.2, 0.25) is 0 Å². The minimum absolute atomic E-state index is 0.0595. The summed E-state index contributed by atoms with van der Waals surface area (Å²) < 4.78 is 18.0. The van der Waals surface area contributed by atoms with Crippen LogP contribution in [0.3, 0.4) is 0 Å². The average molecular weight is 480 g/mol. The molecule has 2 aromatic carbocycles. The van der Waals surface area contributed by atoms with E-state index >= 15 is 0 Å². The Morgan fingerprint density at radius 3 is 2.71 bits per heavy atom. The maximum Gasteiger partial charge on any atom is 0.306 e. The molecular formula is C26H29N3O6. The lowest BCUT2D eigenvalue weighted by atomic mass is 10.2. The minimum atomic E-state index is -1.01. The van der Waals surface area contributed by atoms with E-state index in [2.05, 4.69) is 17.2 Å². The first-order chi connectivity index (χ1) is 17.0. The zero-order valence-corrected chi connectivity index (χ0v) is 19.9. The number of nitrogens with zero attached hydrogens (tertiary/aromatic N) is 2. The average Bonchev–Trinajstić information content (AvgIpc) is 2.87. The highest BCUT2D eigenvalue weighted by Gasteiger charge is 2.20. The van der Waals surface area contributed by atoms with Crippen molar-refractivity contribution < 1.29 is 23.8 Å². The van der Waals surface area contributed by atoms with E-state index < -0.39 is 18.0 Å². The number of esters is 1. The minimum Gasteiger partial charge on any atom is -0.486 e. The molecule has 9 heteroatoms. The summed E-state index contributed by atoms with van der Waals surface area (Å²) in [7, 11) is 0. The lowest BCUT2D eigenvalue weighted by molar-refractivity contribution is -0.153. The summed E-state index contributed by atoms with van der Waals surface area (Å²) in [6.45, 7) is 5.07. The van der Waals surface area contributed by atoms with Crippen LogP contribution in [-0.4, -0.2) is 40.7 Å². The Labute approximate surface area is 203 Å².